The van der Waals surface area contributed by atoms with Crippen LogP contribution < -0.4 is 10.6 Å². The standard InChI is InChI=1S/C13H16N2O2/c14-13(17)7-9-15-8-3-6-12(16)10-4-1-2-5-11(10)15/h1-2,4-5H,3,6-9H2,(H2,14,17). The van der Waals surface area contributed by atoms with E-state index >= 15 is 0 Å². The summed E-state index contributed by atoms with van der Waals surface area (Å²) in [7, 11) is 0. The van der Waals surface area contributed by atoms with Gasteiger partial charge in [0.2, 0.25) is 5.91 Å². The van der Waals surface area contributed by atoms with Gasteiger partial charge >= 0.3 is 0 Å². The average molecular weight is 232 g/mol. The molecule has 1 heterocycles. The first-order valence-electron chi connectivity index (χ1n) is 5.84. The van der Waals surface area contributed by atoms with Gasteiger partial charge in [0.25, 0.3) is 0 Å². The highest BCUT2D eigenvalue weighted by atomic mass is 16.1. The van der Waals surface area contributed by atoms with E-state index in [9.17, 15) is 9.59 Å². The fourth-order valence-corrected chi connectivity index (χ4v) is 2.15. The van der Waals surface area contributed by atoms with Crippen molar-refractivity contribution in [3.63, 3.8) is 0 Å². The maximum Gasteiger partial charge on any atom is 0.219 e. The van der Waals surface area contributed by atoms with Crippen molar-refractivity contribution < 1.29 is 9.59 Å². The highest BCUT2D eigenvalue weighted by Crippen LogP contribution is 2.25. The van der Waals surface area contributed by atoms with Crippen LogP contribution in [-0.2, 0) is 4.79 Å². The van der Waals surface area contributed by atoms with Gasteiger partial charge in [0, 0.05) is 37.2 Å². The molecule has 0 saturated heterocycles. The van der Waals surface area contributed by atoms with Crippen molar-refractivity contribution in [1.82, 2.24) is 0 Å². The van der Waals surface area contributed by atoms with E-state index in [-0.39, 0.29) is 11.7 Å². The van der Waals surface area contributed by atoms with Crippen LogP contribution in [0.2, 0.25) is 0 Å². The van der Waals surface area contributed by atoms with Crippen LogP contribution in [-0.4, -0.2) is 24.8 Å². The van der Waals surface area contributed by atoms with E-state index in [4.69, 9.17) is 5.73 Å². The van der Waals surface area contributed by atoms with Crippen LogP contribution in [0.15, 0.2) is 24.3 Å². The van der Waals surface area contributed by atoms with E-state index in [1.54, 1.807) is 0 Å². The summed E-state index contributed by atoms with van der Waals surface area (Å²) in [6.45, 7) is 1.38. The molecule has 90 valence electrons. The van der Waals surface area contributed by atoms with E-state index in [0.717, 1.165) is 24.2 Å². The molecule has 4 heteroatoms. The SMILES string of the molecule is NC(=O)CCN1CCCC(=O)c2ccccc21. The van der Waals surface area contributed by atoms with Gasteiger partial charge in [0.15, 0.2) is 5.78 Å². The number of Topliss-reactive ketones (excluding diaryl/α,β-unsaturated/α-hetero) is 1. The number of anilines is 1. The minimum Gasteiger partial charge on any atom is -0.370 e. The molecule has 1 amide bonds. The monoisotopic (exact) mass is 232 g/mol. The molecule has 2 N–H and O–H groups in total. The summed E-state index contributed by atoms with van der Waals surface area (Å²) in [4.78, 5) is 24.8. The van der Waals surface area contributed by atoms with Crippen molar-refractivity contribution in [2.24, 2.45) is 5.73 Å². The number of fused-ring (bicyclic) bond motifs is 1. The predicted octanol–water partition coefficient (Wildman–Crippen LogP) is 1.34. The number of amides is 1. The smallest absolute Gasteiger partial charge is 0.219 e. The maximum absolute atomic E-state index is 11.9. The van der Waals surface area contributed by atoms with Crippen molar-refractivity contribution in [3.8, 4) is 0 Å². The van der Waals surface area contributed by atoms with Gasteiger partial charge in [-0.25, -0.2) is 0 Å². The molecule has 2 rings (SSSR count). The van der Waals surface area contributed by atoms with Gasteiger partial charge in [-0.15, -0.1) is 0 Å². The summed E-state index contributed by atoms with van der Waals surface area (Å²) < 4.78 is 0. The Bertz CT molecular complexity index is 443. The quantitative estimate of drug-likeness (QED) is 0.855. The highest BCUT2D eigenvalue weighted by molar-refractivity contribution is 6.02. The number of nitrogens with two attached hydrogens (primary N) is 1. The molecule has 0 spiro atoms. The number of primary amides is 1. The third-order valence-corrected chi connectivity index (χ3v) is 3.01. The van der Waals surface area contributed by atoms with Crippen molar-refractivity contribution in [3.05, 3.63) is 29.8 Å². The largest absolute Gasteiger partial charge is 0.370 e. The molecule has 0 saturated carbocycles. The van der Waals surface area contributed by atoms with Crippen LogP contribution >= 0.6 is 0 Å². The van der Waals surface area contributed by atoms with Gasteiger partial charge in [-0.05, 0) is 18.6 Å². The normalized spacial score (nSPS) is 15.3. The van der Waals surface area contributed by atoms with Crippen LogP contribution in [0.4, 0.5) is 5.69 Å². The number of rotatable bonds is 3. The molecule has 0 unspecified atom stereocenters. The van der Waals surface area contributed by atoms with Crippen molar-refractivity contribution in [2.75, 3.05) is 18.0 Å². The van der Waals surface area contributed by atoms with E-state index in [0.29, 0.717) is 19.4 Å². The molecule has 1 aromatic rings. The highest BCUT2D eigenvalue weighted by Gasteiger charge is 2.20. The molecule has 0 radical (unpaired) electrons. The third-order valence-electron chi connectivity index (χ3n) is 3.01. The Morgan fingerprint density at radius 3 is 2.88 bits per heavy atom. The minimum atomic E-state index is -0.307. The number of hydrogen-bond donors (Lipinski definition) is 1. The summed E-state index contributed by atoms with van der Waals surface area (Å²) in [6, 6.07) is 7.56. The molecule has 0 aromatic heterocycles. The van der Waals surface area contributed by atoms with E-state index in [1.807, 2.05) is 24.3 Å². The molecule has 0 bridgehead atoms. The summed E-state index contributed by atoms with van der Waals surface area (Å²) in [5, 5.41) is 0. The lowest BCUT2D eigenvalue weighted by Gasteiger charge is -2.23. The first kappa shape index (κ1) is 11.6. The Kier molecular flexibility index (Phi) is 3.42. The maximum atomic E-state index is 11.9. The van der Waals surface area contributed by atoms with Gasteiger partial charge in [0.05, 0.1) is 0 Å². The first-order valence-corrected chi connectivity index (χ1v) is 5.84. The zero-order valence-corrected chi connectivity index (χ0v) is 9.69. The lowest BCUT2D eigenvalue weighted by molar-refractivity contribution is -0.117. The second-order valence-electron chi connectivity index (χ2n) is 4.25. The Balaban J connectivity index is 2.25. The van der Waals surface area contributed by atoms with Crippen LogP contribution in [0.1, 0.15) is 29.6 Å². The Hall–Kier alpha value is -1.84. The molecular weight excluding hydrogens is 216 g/mol. The Morgan fingerprint density at radius 2 is 2.12 bits per heavy atom. The molecule has 0 atom stereocenters. The zero-order chi connectivity index (χ0) is 12.3. The number of ketones is 1. The van der Waals surface area contributed by atoms with Crippen LogP contribution in [0, 0.1) is 0 Å². The number of benzene rings is 1. The molecule has 4 nitrogen and oxygen atoms in total. The van der Waals surface area contributed by atoms with Gasteiger partial charge in [-0.3, -0.25) is 9.59 Å². The van der Waals surface area contributed by atoms with Gasteiger partial charge in [0.1, 0.15) is 0 Å². The molecule has 17 heavy (non-hydrogen) atoms. The number of hydrogen-bond acceptors (Lipinski definition) is 3. The Morgan fingerprint density at radius 1 is 1.35 bits per heavy atom. The second-order valence-corrected chi connectivity index (χ2v) is 4.25. The molecule has 1 aliphatic heterocycles. The van der Waals surface area contributed by atoms with E-state index < -0.39 is 0 Å². The number of carbonyl (C=O) groups excluding carboxylic acids is 2. The van der Waals surface area contributed by atoms with E-state index in [1.165, 1.54) is 0 Å². The topological polar surface area (TPSA) is 63.4 Å². The second kappa shape index (κ2) is 4.99. The average Bonchev–Trinajstić information content (AvgIpc) is 2.47. The third kappa shape index (κ3) is 2.64. The van der Waals surface area contributed by atoms with Crippen LogP contribution in [0.5, 0.6) is 0 Å². The van der Waals surface area contributed by atoms with Gasteiger partial charge in [-0.1, -0.05) is 12.1 Å². The molecule has 1 aromatic carbocycles. The number of carbonyl (C=O) groups is 2. The fourth-order valence-electron chi connectivity index (χ4n) is 2.15. The summed E-state index contributed by atoms with van der Waals surface area (Å²) in [5.74, 6) is -0.125. The van der Waals surface area contributed by atoms with Crippen molar-refractivity contribution >= 4 is 17.4 Å². The minimum absolute atomic E-state index is 0.183. The van der Waals surface area contributed by atoms with Crippen LogP contribution in [0.3, 0.4) is 0 Å². The Labute approximate surface area is 100 Å². The zero-order valence-electron chi connectivity index (χ0n) is 9.69. The van der Waals surface area contributed by atoms with Crippen molar-refractivity contribution in [2.45, 2.75) is 19.3 Å². The first-order chi connectivity index (χ1) is 8.18. The van der Waals surface area contributed by atoms with Gasteiger partial charge in [-0.2, -0.15) is 0 Å². The molecule has 0 fully saturated rings. The predicted molar refractivity (Wildman–Crippen MR) is 66.0 cm³/mol. The lowest BCUT2D eigenvalue weighted by atomic mass is 10.1. The number of nitrogens with zero attached hydrogens (tertiary/aromatic N) is 1. The summed E-state index contributed by atoms with van der Waals surface area (Å²) >= 11 is 0. The van der Waals surface area contributed by atoms with Crippen LogP contribution in [0.25, 0.3) is 0 Å². The van der Waals surface area contributed by atoms with Crippen molar-refractivity contribution in [1.29, 1.82) is 0 Å². The van der Waals surface area contributed by atoms with Gasteiger partial charge < -0.3 is 10.6 Å². The van der Waals surface area contributed by atoms with E-state index in [2.05, 4.69) is 4.90 Å². The molecule has 1 aliphatic rings. The molecule has 0 aliphatic carbocycles. The summed E-state index contributed by atoms with van der Waals surface area (Å²) in [5.41, 5.74) is 6.85. The summed E-state index contributed by atoms with van der Waals surface area (Å²) in [6.07, 6.45) is 1.72. The number of para-hydroxylation sites is 1. The lowest BCUT2D eigenvalue weighted by Crippen LogP contribution is -2.28. The fraction of sp³-hybridized carbons (Fsp3) is 0.385. The molecular formula is C13H16N2O2.